The monoisotopic (exact) mass is 212 g/mol. The molecule has 0 aliphatic rings. The van der Waals surface area contributed by atoms with Crippen LogP contribution in [-0.2, 0) is 7.05 Å². The van der Waals surface area contributed by atoms with Crippen LogP contribution in [0.5, 0.6) is 0 Å². The molecule has 0 fully saturated rings. The zero-order chi connectivity index (χ0) is 12.9. The molecule has 1 heterocycles. The van der Waals surface area contributed by atoms with Crippen LogP contribution >= 0.6 is 0 Å². The van der Waals surface area contributed by atoms with Gasteiger partial charge in [0.05, 0.1) is 8.13 Å². The van der Waals surface area contributed by atoms with Crippen molar-refractivity contribution in [1.29, 1.82) is 0 Å². The summed E-state index contributed by atoms with van der Waals surface area (Å²) in [4.78, 5) is 0. The molecule has 0 bridgehead atoms. The van der Waals surface area contributed by atoms with Crippen molar-refractivity contribution < 1.29 is 7.31 Å². The smallest absolute Gasteiger partial charge is 0.186 e. The molecule has 78 valence electrons. The summed E-state index contributed by atoms with van der Waals surface area (Å²) >= 11 is 0. The van der Waals surface area contributed by atoms with Gasteiger partial charge in [0.15, 0.2) is 11.9 Å². The van der Waals surface area contributed by atoms with Gasteiger partial charge in [0.2, 0.25) is 0 Å². The largest absolute Gasteiger partial charge is 0.205 e. The molecule has 3 aromatic rings. The molecule has 0 saturated heterocycles. The molecule has 0 N–H and O–H groups in total. The highest BCUT2D eigenvalue weighted by Crippen LogP contribution is 2.25. The van der Waals surface area contributed by atoms with E-state index in [1.165, 1.54) is 0 Å². The van der Waals surface area contributed by atoms with E-state index in [4.69, 9.17) is 2.74 Å². The van der Waals surface area contributed by atoms with Crippen molar-refractivity contribution in [3.8, 4) is 0 Å². The molecule has 1 aromatic heterocycles. The van der Waals surface area contributed by atoms with Crippen LogP contribution in [0.25, 0.3) is 21.5 Å². The summed E-state index contributed by atoms with van der Waals surface area (Å²) in [5, 5.41) is 4.11. The van der Waals surface area contributed by atoms with Crippen molar-refractivity contribution in [2.75, 3.05) is 0 Å². The van der Waals surface area contributed by atoms with Gasteiger partial charge in [-0.05, 0) is 16.2 Å². The molecule has 0 radical (unpaired) electrons. The van der Waals surface area contributed by atoms with Crippen molar-refractivity contribution in [3.63, 3.8) is 0 Å². The fourth-order valence-electron chi connectivity index (χ4n) is 2.15. The molecule has 0 aliphatic carbocycles. The second kappa shape index (κ2) is 3.31. The number of nitrogens with zero attached hydrogens (tertiary/aromatic N) is 1. The van der Waals surface area contributed by atoms with Gasteiger partial charge in [-0.1, -0.05) is 36.4 Å². The van der Waals surface area contributed by atoms with Gasteiger partial charge >= 0.3 is 0 Å². The van der Waals surface area contributed by atoms with Gasteiger partial charge in [0.1, 0.15) is 7.05 Å². The minimum Gasteiger partial charge on any atom is -0.205 e. The highest BCUT2D eigenvalue weighted by atomic mass is 14.9. The van der Waals surface area contributed by atoms with E-state index in [-0.39, 0.29) is 0 Å². The van der Waals surface area contributed by atoms with Crippen LogP contribution in [0.15, 0.2) is 48.6 Å². The van der Waals surface area contributed by atoms with E-state index >= 15 is 0 Å². The Bertz CT molecular complexity index is 778. The fourth-order valence-corrected chi connectivity index (χ4v) is 2.15. The Morgan fingerprint density at radius 1 is 1.12 bits per heavy atom. The van der Waals surface area contributed by atoms with E-state index in [1.807, 2.05) is 37.5 Å². The van der Waals surface area contributed by atoms with Gasteiger partial charge in [0, 0.05) is 13.0 Å². The van der Waals surface area contributed by atoms with E-state index in [1.54, 1.807) is 6.07 Å². The quantitative estimate of drug-likeness (QED) is 0.398. The maximum Gasteiger partial charge on any atom is 0.186 e. The van der Waals surface area contributed by atoms with Gasteiger partial charge in [-0.15, -0.1) is 0 Å². The highest BCUT2D eigenvalue weighted by Gasteiger charge is 2.09. The summed E-state index contributed by atoms with van der Waals surface area (Å²) < 4.78 is 17.9. The molecule has 0 unspecified atom stereocenters. The first-order valence-electron chi connectivity index (χ1n) is 6.37. The van der Waals surface area contributed by atoms with Gasteiger partial charge in [-0.3, -0.25) is 0 Å². The molecule has 3 rings (SSSR count). The van der Waals surface area contributed by atoms with Crippen LogP contribution in [0.1, 0.15) is 8.44 Å². The van der Waals surface area contributed by atoms with Crippen molar-refractivity contribution in [2.45, 2.75) is 6.92 Å². The molecule has 0 aliphatic heterocycles. The molecular weight excluding hydrogens is 194 g/mol. The number of pyridine rings is 1. The lowest BCUT2D eigenvalue weighted by atomic mass is 10.0. The maximum absolute atomic E-state index is 8.11. The lowest BCUT2D eigenvalue weighted by molar-refractivity contribution is -0.676. The van der Waals surface area contributed by atoms with Crippen molar-refractivity contribution in [2.24, 2.45) is 7.05 Å². The van der Waals surface area contributed by atoms with Gasteiger partial charge in [-0.25, -0.2) is 4.57 Å². The molecule has 2 aromatic carbocycles. The summed E-state index contributed by atoms with van der Waals surface area (Å²) in [6.45, 7) is 2.05. The molecule has 0 spiro atoms. The first kappa shape index (κ1) is 7.39. The molecule has 0 amide bonds. The van der Waals surface area contributed by atoms with Crippen molar-refractivity contribution in [3.05, 3.63) is 54.3 Å². The summed E-state index contributed by atoms with van der Waals surface area (Å²) in [7, 11) is 2.00. The average molecular weight is 212 g/mol. The SMILES string of the molecule is [3H]c1ccc2cc([3H])c3cc[n+](C)c(C)c3c2c1. The first-order valence-corrected chi connectivity index (χ1v) is 5.37. The lowest BCUT2D eigenvalue weighted by Crippen LogP contribution is -2.31. The third kappa shape index (κ3) is 1.21. The maximum atomic E-state index is 8.11. The van der Waals surface area contributed by atoms with Crippen LogP contribution in [0.4, 0.5) is 0 Å². The Kier molecular flexibility index (Phi) is 1.53. The number of aromatic nitrogens is 1. The van der Waals surface area contributed by atoms with E-state index in [2.05, 4.69) is 11.5 Å². The number of aryl methyl sites for hydroxylation is 2. The standard InChI is InChI=1S/C15H14N/c1-11-15-13(9-10-16(11)2)8-7-12-5-3-4-6-14(12)15/h3-10H,1-2H3/q+1/i4T,8T. The zero-order valence-corrected chi connectivity index (χ0v) is 9.41. The second-order valence-electron chi connectivity index (χ2n) is 4.10. The van der Waals surface area contributed by atoms with E-state index in [9.17, 15) is 0 Å². The molecule has 1 heteroatoms. The minimum absolute atomic E-state index is 0.507. The van der Waals surface area contributed by atoms with E-state index < -0.39 is 0 Å². The Morgan fingerprint density at radius 2 is 2.00 bits per heavy atom. The predicted octanol–water partition coefficient (Wildman–Crippen LogP) is 3.13. The minimum atomic E-state index is 0.507. The Hall–Kier alpha value is -1.89. The zero-order valence-electron chi connectivity index (χ0n) is 11.4. The molecule has 0 atom stereocenters. The molecule has 0 saturated carbocycles. The first-order chi connectivity index (χ1) is 8.58. The topological polar surface area (TPSA) is 3.88 Å². The van der Waals surface area contributed by atoms with Crippen LogP contribution < -0.4 is 4.57 Å². The summed E-state index contributed by atoms with van der Waals surface area (Å²) in [6, 6.07) is 10.5. The van der Waals surface area contributed by atoms with Crippen LogP contribution in [-0.4, -0.2) is 0 Å². The number of hydrogen-bond donors (Lipinski definition) is 0. The average Bonchev–Trinajstić information content (AvgIpc) is 2.34. The summed E-state index contributed by atoms with van der Waals surface area (Å²) in [6.07, 6.45) is 1.98. The van der Waals surface area contributed by atoms with Crippen LogP contribution in [0.3, 0.4) is 0 Å². The highest BCUT2D eigenvalue weighted by molar-refractivity contribution is 6.07. The Morgan fingerprint density at radius 3 is 2.88 bits per heavy atom. The van der Waals surface area contributed by atoms with Gasteiger partial charge in [-0.2, -0.15) is 0 Å². The second-order valence-corrected chi connectivity index (χ2v) is 4.10. The number of fused-ring (bicyclic) bond motifs is 3. The molecule has 1 nitrogen and oxygen atoms in total. The normalized spacial score (nSPS) is 12.9. The van der Waals surface area contributed by atoms with Crippen molar-refractivity contribution >= 4 is 21.5 Å². The fraction of sp³-hybridized carbons (Fsp3) is 0.133. The van der Waals surface area contributed by atoms with Crippen molar-refractivity contribution in [1.82, 2.24) is 0 Å². The van der Waals surface area contributed by atoms with Gasteiger partial charge < -0.3 is 0 Å². The molecule has 16 heavy (non-hydrogen) atoms. The Balaban J connectivity index is 2.65. The third-order valence-electron chi connectivity index (χ3n) is 3.18. The van der Waals surface area contributed by atoms with Crippen LogP contribution in [0, 0.1) is 6.92 Å². The lowest BCUT2D eigenvalue weighted by Gasteiger charge is -2.04. The van der Waals surface area contributed by atoms with E-state index in [0.29, 0.717) is 12.1 Å². The van der Waals surface area contributed by atoms with Crippen LogP contribution in [0.2, 0.25) is 0 Å². The van der Waals surface area contributed by atoms with E-state index in [0.717, 1.165) is 27.2 Å². The number of hydrogen-bond acceptors (Lipinski definition) is 0. The Labute approximate surface area is 97.8 Å². The number of rotatable bonds is 0. The molecular formula is C15H14N+. The number of benzene rings is 2. The predicted molar refractivity (Wildman–Crippen MR) is 67.4 cm³/mol. The summed E-state index contributed by atoms with van der Waals surface area (Å²) in [5.74, 6) is 0. The van der Waals surface area contributed by atoms with Gasteiger partial charge in [0.25, 0.3) is 0 Å². The third-order valence-corrected chi connectivity index (χ3v) is 3.18. The summed E-state index contributed by atoms with van der Waals surface area (Å²) in [5.41, 5.74) is 1.12.